The van der Waals surface area contributed by atoms with Crippen molar-refractivity contribution in [3.8, 4) is 0 Å². The lowest BCUT2D eigenvalue weighted by molar-refractivity contribution is 0.0715. The molecule has 1 N–H and O–H groups in total. The van der Waals surface area contributed by atoms with Gasteiger partial charge < -0.3 is 5.32 Å². The molecule has 0 radical (unpaired) electrons. The summed E-state index contributed by atoms with van der Waals surface area (Å²) in [5, 5.41) is 3.77. The molecule has 0 aromatic carbocycles. The molecule has 1 heterocycles. The Morgan fingerprint density at radius 1 is 1.26 bits per heavy atom. The van der Waals surface area contributed by atoms with Crippen molar-refractivity contribution in [2.75, 3.05) is 19.6 Å². The van der Waals surface area contributed by atoms with E-state index < -0.39 is 0 Å². The summed E-state index contributed by atoms with van der Waals surface area (Å²) in [6.07, 6.45) is 9.22. The molecule has 0 spiro atoms. The summed E-state index contributed by atoms with van der Waals surface area (Å²) < 4.78 is 0. The van der Waals surface area contributed by atoms with Gasteiger partial charge >= 0.3 is 0 Å². The molecule has 1 saturated heterocycles. The second-order valence-corrected chi connectivity index (χ2v) is 6.79. The van der Waals surface area contributed by atoms with Crippen LogP contribution in [0.5, 0.6) is 0 Å². The van der Waals surface area contributed by atoms with E-state index in [4.69, 9.17) is 11.6 Å². The number of rotatable bonds is 4. The average Bonchev–Trinajstić information content (AvgIpc) is 2.45. The highest BCUT2D eigenvalue weighted by Crippen LogP contribution is 2.30. The standard InChI is InChI=1S/C16H29ClN2/c1-13(2)15-12-19(10-6-9-17)16(11-18-15)14-7-4-3-5-8-14/h6,9,13-16,18H,3-5,7-8,10-12H2,1-2H3/b9-6+. The fourth-order valence-electron chi connectivity index (χ4n) is 3.67. The Kier molecular flexibility index (Phi) is 6.18. The average molecular weight is 285 g/mol. The van der Waals surface area contributed by atoms with Gasteiger partial charge in [-0.15, -0.1) is 0 Å². The molecule has 19 heavy (non-hydrogen) atoms. The first-order valence-electron chi connectivity index (χ1n) is 7.95. The van der Waals surface area contributed by atoms with E-state index in [9.17, 15) is 0 Å². The van der Waals surface area contributed by atoms with Crippen molar-refractivity contribution < 1.29 is 0 Å². The van der Waals surface area contributed by atoms with Gasteiger partial charge in [-0.3, -0.25) is 4.90 Å². The van der Waals surface area contributed by atoms with E-state index in [0.717, 1.165) is 19.0 Å². The number of hydrogen-bond acceptors (Lipinski definition) is 2. The van der Waals surface area contributed by atoms with E-state index in [1.54, 1.807) is 5.54 Å². The summed E-state index contributed by atoms with van der Waals surface area (Å²) in [5.74, 6) is 1.59. The van der Waals surface area contributed by atoms with Crippen LogP contribution in [0.15, 0.2) is 11.6 Å². The van der Waals surface area contributed by atoms with E-state index in [0.29, 0.717) is 18.0 Å². The van der Waals surface area contributed by atoms with Crippen LogP contribution < -0.4 is 5.32 Å². The molecule has 3 heteroatoms. The lowest BCUT2D eigenvalue weighted by Crippen LogP contribution is -2.60. The van der Waals surface area contributed by atoms with Gasteiger partial charge in [-0.05, 0) is 24.7 Å². The first-order chi connectivity index (χ1) is 9.22. The van der Waals surface area contributed by atoms with Crippen molar-refractivity contribution in [2.24, 2.45) is 11.8 Å². The highest BCUT2D eigenvalue weighted by Gasteiger charge is 2.34. The zero-order valence-electron chi connectivity index (χ0n) is 12.4. The maximum Gasteiger partial charge on any atom is 0.0252 e. The molecule has 110 valence electrons. The molecule has 2 nitrogen and oxygen atoms in total. The number of nitrogens with zero attached hydrogens (tertiary/aromatic N) is 1. The number of halogens is 1. The van der Waals surface area contributed by atoms with Gasteiger partial charge in [0.05, 0.1) is 0 Å². The van der Waals surface area contributed by atoms with Crippen molar-refractivity contribution in [3.05, 3.63) is 11.6 Å². The van der Waals surface area contributed by atoms with Crippen molar-refractivity contribution in [1.29, 1.82) is 0 Å². The van der Waals surface area contributed by atoms with Crippen molar-refractivity contribution in [3.63, 3.8) is 0 Å². The van der Waals surface area contributed by atoms with Gasteiger partial charge in [-0.2, -0.15) is 0 Å². The van der Waals surface area contributed by atoms with E-state index in [1.807, 2.05) is 0 Å². The highest BCUT2D eigenvalue weighted by molar-refractivity contribution is 6.25. The highest BCUT2D eigenvalue weighted by atomic mass is 35.5. The summed E-state index contributed by atoms with van der Waals surface area (Å²) in [6, 6.07) is 1.34. The van der Waals surface area contributed by atoms with Crippen LogP contribution >= 0.6 is 11.6 Å². The fourth-order valence-corrected chi connectivity index (χ4v) is 3.75. The molecule has 0 amide bonds. The van der Waals surface area contributed by atoms with Gasteiger partial charge in [-0.1, -0.05) is 50.8 Å². The molecule has 2 fully saturated rings. The Morgan fingerprint density at radius 2 is 2.00 bits per heavy atom. The lowest BCUT2D eigenvalue weighted by Gasteiger charge is -2.45. The second kappa shape index (κ2) is 7.66. The van der Waals surface area contributed by atoms with Crippen LogP contribution in [0.4, 0.5) is 0 Å². The molecule has 2 atom stereocenters. The summed E-state index contributed by atoms with van der Waals surface area (Å²) in [7, 11) is 0. The number of piperazine rings is 1. The van der Waals surface area contributed by atoms with E-state index in [1.165, 1.54) is 38.6 Å². The van der Waals surface area contributed by atoms with Crippen LogP contribution in [0.1, 0.15) is 46.0 Å². The van der Waals surface area contributed by atoms with Gasteiger partial charge in [0.25, 0.3) is 0 Å². The Bertz CT molecular complexity index is 284. The van der Waals surface area contributed by atoms with Crippen LogP contribution in [0, 0.1) is 11.8 Å². The quantitative estimate of drug-likeness (QED) is 0.848. The predicted octanol–water partition coefficient (Wildman–Crippen LogP) is 3.62. The maximum atomic E-state index is 5.73. The Balaban J connectivity index is 1.98. The molecule has 2 unspecified atom stereocenters. The summed E-state index contributed by atoms with van der Waals surface area (Å²) in [4.78, 5) is 2.66. The minimum absolute atomic E-state index is 0.628. The molecular weight excluding hydrogens is 256 g/mol. The lowest BCUT2D eigenvalue weighted by atomic mass is 9.81. The molecule has 0 aromatic rings. The molecule has 1 aliphatic heterocycles. The minimum atomic E-state index is 0.628. The topological polar surface area (TPSA) is 15.3 Å². The SMILES string of the molecule is CC(C)C1CN(C/C=C/Cl)C(C2CCCCC2)CN1. The molecule has 2 rings (SSSR count). The van der Waals surface area contributed by atoms with Gasteiger partial charge in [0.15, 0.2) is 0 Å². The number of hydrogen-bond donors (Lipinski definition) is 1. The van der Waals surface area contributed by atoms with Crippen molar-refractivity contribution in [1.82, 2.24) is 10.2 Å². The zero-order valence-corrected chi connectivity index (χ0v) is 13.2. The van der Waals surface area contributed by atoms with Crippen LogP contribution in [0.3, 0.4) is 0 Å². The molecule has 1 saturated carbocycles. The zero-order chi connectivity index (χ0) is 13.7. The third-order valence-electron chi connectivity index (χ3n) is 4.92. The van der Waals surface area contributed by atoms with Crippen molar-refractivity contribution >= 4 is 11.6 Å². The third kappa shape index (κ3) is 4.21. The van der Waals surface area contributed by atoms with E-state index in [2.05, 4.69) is 30.1 Å². The molecular formula is C16H29ClN2. The minimum Gasteiger partial charge on any atom is -0.311 e. The molecule has 2 aliphatic rings. The van der Waals surface area contributed by atoms with Gasteiger partial charge in [0.1, 0.15) is 0 Å². The summed E-state index contributed by atoms with van der Waals surface area (Å²) in [6.45, 7) is 7.96. The van der Waals surface area contributed by atoms with Crippen LogP contribution in [0.2, 0.25) is 0 Å². The fraction of sp³-hybridized carbons (Fsp3) is 0.875. The Hall–Kier alpha value is -0.0500. The smallest absolute Gasteiger partial charge is 0.0252 e. The largest absolute Gasteiger partial charge is 0.311 e. The Labute approximate surface area is 123 Å². The van der Waals surface area contributed by atoms with Crippen LogP contribution in [-0.4, -0.2) is 36.6 Å². The normalized spacial score (nSPS) is 31.4. The third-order valence-corrected chi connectivity index (χ3v) is 5.10. The van der Waals surface area contributed by atoms with Crippen LogP contribution in [-0.2, 0) is 0 Å². The van der Waals surface area contributed by atoms with Crippen LogP contribution in [0.25, 0.3) is 0 Å². The van der Waals surface area contributed by atoms with Gasteiger partial charge in [0.2, 0.25) is 0 Å². The Morgan fingerprint density at radius 3 is 2.63 bits per heavy atom. The second-order valence-electron chi connectivity index (χ2n) is 6.54. The maximum absolute atomic E-state index is 5.73. The van der Waals surface area contributed by atoms with E-state index in [-0.39, 0.29) is 0 Å². The summed E-state index contributed by atoms with van der Waals surface area (Å²) in [5.41, 5.74) is 1.67. The van der Waals surface area contributed by atoms with Gasteiger partial charge in [-0.25, -0.2) is 0 Å². The molecule has 1 aliphatic carbocycles. The predicted molar refractivity (Wildman–Crippen MR) is 83.6 cm³/mol. The summed E-state index contributed by atoms with van der Waals surface area (Å²) >= 11 is 5.73. The van der Waals surface area contributed by atoms with Gasteiger partial charge in [0, 0.05) is 37.3 Å². The van der Waals surface area contributed by atoms with E-state index >= 15 is 0 Å². The molecule has 0 bridgehead atoms. The first kappa shape index (κ1) is 15.3. The molecule has 0 aromatic heterocycles. The first-order valence-corrected chi connectivity index (χ1v) is 8.38. The monoisotopic (exact) mass is 284 g/mol. The van der Waals surface area contributed by atoms with Crippen molar-refractivity contribution in [2.45, 2.75) is 58.0 Å². The number of nitrogens with one attached hydrogen (secondary N) is 1.